The zero-order valence-electron chi connectivity index (χ0n) is 3.90. The molecule has 0 aliphatic heterocycles. The van der Waals surface area contributed by atoms with E-state index in [0.717, 1.165) is 0 Å². The summed E-state index contributed by atoms with van der Waals surface area (Å²) in [4.78, 5) is 0. The molecule has 0 amide bonds. The van der Waals surface area contributed by atoms with Gasteiger partial charge in [0.15, 0.2) is 0 Å². The van der Waals surface area contributed by atoms with E-state index in [0.29, 0.717) is 0 Å². The third-order valence-electron chi connectivity index (χ3n) is 0. The lowest BCUT2D eigenvalue weighted by Crippen LogP contribution is -1.33. The second kappa shape index (κ2) is 40.6. The van der Waals surface area contributed by atoms with Crippen LogP contribution in [0.25, 0.3) is 0 Å². The van der Waals surface area contributed by atoms with Crippen LogP contribution >= 0.6 is 26.2 Å². The Kier molecular flexibility index (Phi) is 196. The minimum absolute atomic E-state index is 0. The van der Waals surface area contributed by atoms with E-state index in [1.165, 1.54) is 6.16 Å². The van der Waals surface area contributed by atoms with E-state index in [1.807, 2.05) is 0 Å². The van der Waals surface area contributed by atoms with Crippen LogP contribution in [0, 0.1) is 0 Å². The van der Waals surface area contributed by atoms with Crippen LogP contribution in [0.15, 0.2) is 0 Å². The molecule has 0 fully saturated rings. The Morgan fingerprint density at radius 1 is 1.50 bits per heavy atom. The fourth-order valence-corrected chi connectivity index (χ4v) is 0. The minimum Gasteiger partial charge on any atom is -0.412 e. The Morgan fingerprint density at radius 3 is 1.50 bits per heavy atom. The molecule has 0 aromatic rings. The van der Waals surface area contributed by atoms with Crippen molar-refractivity contribution in [2.45, 2.75) is 6.92 Å². The van der Waals surface area contributed by atoms with Crippen molar-refractivity contribution < 1.29 is 5.48 Å². The molecule has 0 saturated carbocycles. The minimum atomic E-state index is 0. The smallest absolute Gasteiger partial charge is 0.0410 e. The van der Waals surface area contributed by atoms with Crippen LogP contribution in [0.2, 0.25) is 0 Å². The van der Waals surface area contributed by atoms with Gasteiger partial charge >= 0.3 is 0 Å². The average molecular weight is 178 g/mol. The molecule has 0 aromatic heterocycles. The Hall–Kier alpha value is 0.830. The normalized spacial score (nSPS) is 3.00. The summed E-state index contributed by atoms with van der Waals surface area (Å²) in [5.41, 5.74) is 0. The summed E-state index contributed by atoms with van der Waals surface area (Å²) in [6, 6.07) is 0. The Morgan fingerprint density at radius 2 is 1.50 bits per heavy atom. The largest absolute Gasteiger partial charge is 0.412 e. The molecule has 0 aliphatic rings. The molecule has 6 heavy (non-hydrogen) atoms. The van der Waals surface area contributed by atoms with Crippen molar-refractivity contribution in [2.24, 2.45) is 0 Å². The monoisotopic (exact) mass is 177 g/mol. The topological polar surface area (TPSA) is 66.5 Å². The van der Waals surface area contributed by atoms with Gasteiger partial charge in [-0.05, 0) is 6.16 Å². The molecule has 5 N–H and O–H groups in total. The van der Waals surface area contributed by atoms with Gasteiger partial charge in [-0.2, -0.15) is 0 Å². The molecule has 4 heteroatoms. The molecule has 0 spiro atoms. The Balaban J connectivity index is -0.00000000667. The first kappa shape index (κ1) is 29.0. The van der Waals surface area contributed by atoms with E-state index in [-0.39, 0.29) is 28.6 Å². The molecule has 2 nitrogen and oxygen atoms in total. The molecule has 44 valence electrons. The van der Waals surface area contributed by atoms with Crippen LogP contribution in [0.3, 0.4) is 0 Å². The molecule has 0 aliphatic carbocycles. The average Bonchev–Trinajstić information content (AvgIpc) is 0.918. The van der Waals surface area contributed by atoms with Crippen LogP contribution in [0.5, 0.6) is 0 Å². The van der Waals surface area contributed by atoms with E-state index in [9.17, 15) is 0 Å². The zero-order valence-corrected chi connectivity index (χ0v) is 6.77. The van der Waals surface area contributed by atoms with Crippen molar-refractivity contribution in [3.8, 4) is 0 Å². The zero-order chi connectivity index (χ0) is 2.71. The predicted molar refractivity (Wildman–Crippen MR) is 39.2 cm³/mol. The molecular weight excluding hydrogens is 165 g/mol. The predicted octanol–water partition coefficient (Wildman–Crippen LogP) is 0.797. The lowest BCUT2D eigenvalue weighted by molar-refractivity contribution is 0.824. The second-order valence-electron chi connectivity index (χ2n) is 0.408. The first-order chi connectivity index (χ1) is 1.41. The highest BCUT2D eigenvalue weighted by Crippen LogP contribution is 1.68. The maximum Gasteiger partial charge on any atom is -0.0410 e. The summed E-state index contributed by atoms with van der Waals surface area (Å²) in [6.07, 6.45) is 1.17. The molecule has 1 atom stereocenters. The van der Waals surface area contributed by atoms with Gasteiger partial charge in [-0.1, -0.05) is 6.92 Å². The van der Waals surface area contributed by atoms with Gasteiger partial charge in [0.2, 0.25) is 0 Å². The Bertz CT molecular complexity index is 13.5. The third-order valence-corrected chi connectivity index (χ3v) is 0. The van der Waals surface area contributed by atoms with Crippen molar-refractivity contribution in [1.29, 1.82) is 0 Å². The van der Waals surface area contributed by atoms with Gasteiger partial charge in [0, 0.05) is 0 Å². The highest BCUT2D eigenvalue weighted by molar-refractivity contribution is 8.93. The molecular formula is C2H13BrNOP. The first-order valence-corrected chi connectivity index (χ1v) is 1.93. The van der Waals surface area contributed by atoms with E-state index in [1.54, 1.807) is 0 Å². The van der Waals surface area contributed by atoms with Crippen LogP contribution in [0.1, 0.15) is 6.92 Å². The molecule has 0 bridgehead atoms. The lowest BCUT2D eigenvalue weighted by atomic mass is 11.0. The van der Waals surface area contributed by atoms with Gasteiger partial charge in [0.05, 0.1) is 0 Å². The van der Waals surface area contributed by atoms with Crippen molar-refractivity contribution in [2.75, 3.05) is 6.16 Å². The fourth-order valence-electron chi connectivity index (χ4n) is 0. The molecule has 0 radical (unpaired) electrons. The summed E-state index contributed by atoms with van der Waals surface area (Å²) in [6.45, 7) is 2.09. The Labute approximate surface area is 51.6 Å². The number of hydrogen-bond donors (Lipinski definition) is 1. The van der Waals surface area contributed by atoms with Gasteiger partial charge in [-0.25, -0.2) is 0 Å². The van der Waals surface area contributed by atoms with Crippen molar-refractivity contribution in [3.63, 3.8) is 0 Å². The van der Waals surface area contributed by atoms with E-state index in [4.69, 9.17) is 0 Å². The quantitative estimate of drug-likeness (QED) is 0.547. The summed E-state index contributed by atoms with van der Waals surface area (Å²) < 4.78 is 0. The summed E-state index contributed by atoms with van der Waals surface area (Å²) in [7, 11) is 2.58. The van der Waals surface area contributed by atoms with Gasteiger partial charge < -0.3 is 11.6 Å². The van der Waals surface area contributed by atoms with Gasteiger partial charge in [-0.3, -0.25) is 0 Å². The second-order valence-corrected chi connectivity index (χ2v) is 1.22. The third kappa shape index (κ3) is 103. The van der Waals surface area contributed by atoms with Gasteiger partial charge in [0.25, 0.3) is 0 Å². The number of halogens is 1. The highest BCUT2D eigenvalue weighted by atomic mass is 79.9. The van der Waals surface area contributed by atoms with E-state index < -0.39 is 0 Å². The molecule has 0 rings (SSSR count). The van der Waals surface area contributed by atoms with Crippen LogP contribution < -0.4 is 6.15 Å². The summed E-state index contributed by atoms with van der Waals surface area (Å²) in [5, 5.41) is 0. The molecule has 0 heterocycles. The van der Waals surface area contributed by atoms with Gasteiger partial charge in [0.1, 0.15) is 0 Å². The number of rotatable bonds is 0. The van der Waals surface area contributed by atoms with Gasteiger partial charge in [-0.15, -0.1) is 26.2 Å². The van der Waals surface area contributed by atoms with Crippen LogP contribution in [-0.2, 0) is 0 Å². The first-order valence-electron chi connectivity index (χ1n) is 1.12. The van der Waals surface area contributed by atoms with Crippen molar-refractivity contribution in [1.82, 2.24) is 6.15 Å². The molecule has 0 aromatic carbocycles. The van der Waals surface area contributed by atoms with Crippen LogP contribution in [-0.4, -0.2) is 11.6 Å². The SMILES string of the molecule is Br.CCP.N.O. The van der Waals surface area contributed by atoms with E-state index >= 15 is 0 Å². The standard InChI is InChI=1S/C2H7P.BrH.H3N.H2O/c1-2-3;;;/h2-3H2,1H3;1H;1H3;1H2. The molecule has 1 unspecified atom stereocenters. The maximum absolute atomic E-state index is 2.58. The van der Waals surface area contributed by atoms with Crippen molar-refractivity contribution >= 4 is 26.2 Å². The summed E-state index contributed by atoms with van der Waals surface area (Å²) in [5.74, 6) is 0. The maximum atomic E-state index is 2.58. The lowest BCUT2D eigenvalue weighted by Gasteiger charge is -1.48. The summed E-state index contributed by atoms with van der Waals surface area (Å²) >= 11 is 0. The molecule has 0 saturated heterocycles. The van der Waals surface area contributed by atoms with Crippen molar-refractivity contribution in [3.05, 3.63) is 0 Å². The highest BCUT2D eigenvalue weighted by Gasteiger charge is 1.35. The number of hydrogen-bond acceptors (Lipinski definition) is 1. The van der Waals surface area contributed by atoms with Crippen LogP contribution in [0.4, 0.5) is 0 Å². The van der Waals surface area contributed by atoms with E-state index in [2.05, 4.69) is 16.2 Å². The fraction of sp³-hybridized carbons (Fsp3) is 1.00.